The van der Waals surface area contributed by atoms with Gasteiger partial charge < -0.3 is 24.1 Å². The molecule has 0 saturated carbocycles. The molecular formula is C10H26O2Zr. The van der Waals surface area contributed by atoms with Crippen molar-refractivity contribution in [2.45, 2.75) is 53.8 Å². The van der Waals surface area contributed by atoms with Crippen molar-refractivity contribution in [3.05, 3.63) is 13.8 Å². The summed E-state index contributed by atoms with van der Waals surface area (Å²) in [6, 6.07) is 0. The Morgan fingerprint density at radius 3 is 0.692 bits per heavy atom. The van der Waals surface area contributed by atoms with Gasteiger partial charge in [-0.15, -0.1) is 0 Å². The Hall–Kier alpha value is 0.803. The number of aliphatic hydroxyl groups is 2. The quantitative estimate of drug-likeness (QED) is 0.663. The van der Waals surface area contributed by atoms with Crippen molar-refractivity contribution < 1.29 is 36.4 Å². The van der Waals surface area contributed by atoms with Gasteiger partial charge in [0.1, 0.15) is 0 Å². The van der Waals surface area contributed by atoms with Crippen molar-refractivity contribution in [1.29, 1.82) is 0 Å². The van der Waals surface area contributed by atoms with Gasteiger partial charge in [0.25, 0.3) is 0 Å². The van der Waals surface area contributed by atoms with Crippen molar-refractivity contribution in [2.75, 3.05) is 0 Å². The van der Waals surface area contributed by atoms with Crippen molar-refractivity contribution in [2.24, 2.45) is 0 Å². The Kier molecular flexibility index (Phi) is 86.6. The summed E-state index contributed by atoms with van der Waals surface area (Å²) in [6.45, 7) is 16.9. The molecule has 0 aromatic rings. The first-order valence-corrected chi connectivity index (χ1v) is 4.24. The summed E-state index contributed by atoms with van der Waals surface area (Å²) in [7, 11) is 0. The second-order valence-electron chi connectivity index (χ2n) is 2.19. The zero-order chi connectivity index (χ0) is 11.2. The smallest absolute Gasteiger partial charge is 0.394 e. The first-order chi connectivity index (χ1) is 5.46. The van der Waals surface area contributed by atoms with Crippen molar-refractivity contribution >= 4 is 0 Å². The van der Waals surface area contributed by atoms with E-state index in [-0.39, 0.29) is 38.4 Å². The molecule has 0 radical (unpaired) electrons. The predicted octanol–water partition coefficient (Wildman–Crippen LogP) is 2.45. The zero-order valence-corrected chi connectivity index (χ0v) is 12.4. The Morgan fingerprint density at radius 1 is 0.692 bits per heavy atom. The minimum atomic E-state index is -0.167. The van der Waals surface area contributed by atoms with E-state index in [0.717, 1.165) is 0 Å². The van der Waals surface area contributed by atoms with Crippen molar-refractivity contribution in [3.8, 4) is 0 Å². The van der Waals surface area contributed by atoms with Crippen LogP contribution in [0.25, 0.3) is 0 Å². The maximum Gasteiger partial charge on any atom is 2.00 e. The summed E-state index contributed by atoms with van der Waals surface area (Å²) in [6.07, 6.45) is -0.333. The Bertz CT molecular complexity index is 28.4. The van der Waals surface area contributed by atoms with Gasteiger partial charge >= 0.3 is 26.2 Å². The topological polar surface area (TPSA) is 40.5 Å². The van der Waals surface area contributed by atoms with E-state index >= 15 is 0 Å². The molecule has 0 fully saturated rings. The van der Waals surface area contributed by atoms with Gasteiger partial charge in [0, 0.05) is 12.2 Å². The molecule has 0 amide bonds. The molecule has 2 N–H and O–H groups in total. The molecule has 0 aromatic heterocycles. The number of hydrogen-bond acceptors (Lipinski definition) is 2. The molecule has 3 heteroatoms. The number of aliphatic hydroxyl groups excluding tert-OH is 2. The normalized spacial score (nSPS) is 6.46. The third-order valence-electron chi connectivity index (χ3n) is 0. The summed E-state index contributed by atoms with van der Waals surface area (Å²) in [4.78, 5) is 0. The standard InChI is InChI=1S/2C3H8O.2C2H5.Zr/c2*1-3(2)4;2*1-2;/h2*3-4H,1-2H3;2*1H2,2H3;/q;;2*-1;+2. The van der Waals surface area contributed by atoms with Gasteiger partial charge in [0.15, 0.2) is 0 Å². The Morgan fingerprint density at radius 2 is 0.692 bits per heavy atom. The molecule has 0 saturated heterocycles. The molecule has 0 aliphatic rings. The van der Waals surface area contributed by atoms with E-state index in [1.54, 1.807) is 41.5 Å². The maximum absolute atomic E-state index is 8.06. The van der Waals surface area contributed by atoms with E-state index in [4.69, 9.17) is 10.2 Å². The number of rotatable bonds is 0. The molecular weight excluding hydrogens is 243 g/mol. The van der Waals surface area contributed by atoms with Crippen LogP contribution < -0.4 is 0 Å². The molecule has 0 aliphatic heterocycles. The van der Waals surface area contributed by atoms with Crippen LogP contribution in [0.1, 0.15) is 41.5 Å². The molecule has 2 nitrogen and oxygen atoms in total. The Balaban J connectivity index is -0.0000000226. The van der Waals surface area contributed by atoms with Gasteiger partial charge in [-0.2, -0.15) is 13.8 Å². The van der Waals surface area contributed by atoms with Crippen LogP contribution in [0.15, 0.2) is 0 Å². The first kappa shape index (κ1) is 29.2. The third-order valence-corrected chi connectivity index (χ3v) is 0. The average molecular weight is 270 g/mol. The van der Waals surface area contributed by atoms with Crippen LogP contribution in [0.2, 0.25) is 0 Å². The average Bonchev–Trinajstić information content (AvgIpc) is 1.93. The molecule has 0 aliphatic carbocycles. The maximum atomic E-state index is 8.06. The van der Waals surface area contributed by atoms with E-state index in [1.165, 1.54) is 0 Å². The molecule has 0 rings (SSSR count). The van der Waals surface area contributed by atoms with Crippen LogP contribution in [0, 0.1) is 13.8 Å². The van der Waals surface area contributed by atoms with Crippen LogP contribution in [-0.4, -0.2) is 22.4 Å². The molecule has 0 spiro atoms. The fraction of sp³-hybridized carbons (Fsp3) is 0.800. The second kappa shape index (κ2) is 38.5. The van der Waals surface area contributed by atoms with Gasteiger partial charge in [-0.1, -0.05) is 0 Å². The summed E-state index contributed by atoms with van der Waals surface area (Å²) < 4.78 is 0. The van der Waals surface area contributed by atoms with Gasteiger partial charge in [0.2, 0.25) is 0 Å². The van der Waals surface area contributed by atoms with Gasteiger partial charge in [-0.3, -0.25) is 0 Å². The van der Waals surface area contributed by atoms with E-state index in [2.05, 4.69) is 13.8 Å². The Labute approximate surface area is 104 Å². The molecule has 0 bridgehead atoms. The fourth-order valence-corrected chi connectivity index (χ4v) is 0. The van der Waals surface area contributed by atoms with Gasteiger partial charge in [-0.05, 0) is 27.7 Å². The minimum Gasteiger partial charge on any atom is -0.394 e. The molecule has 82 valence electrons. The van der Waals surface area contributed by atoms with Crippen LogP contribution >= 0.6 is 0 Å². The molecule has 0 heterocycles. The largest absolute Gasteiger partial charge is 2.00 e. The summed E-state index contributed by atoms with van der Waals surface area (Å²) in [5.74, 6) is 0. The minimum absolute atomic E-state index is 0. The monoisotopic (exact) mass is 268 g/mol. The van der Waals surface area contributed by atoms with Crippen LogP contribution in [-0.2, 0) is 26.2 Å². The summed E-state index contributed by atoms with van der Waals surface area (Å²) in [5, 5.41) is 16.1. The summed E-state index contributed by atoms with van der Waals surface area (Å²) >= 11 is 0. The third kappa shape index (κ3) is 2320. The zero-order valence-electron chi connectivity index (χ0n) is 9.96. The molecule has 13 heavy (non-hydrogen) atoms. The van der Waals surface area contributed by atoms with Crippen molar-refractivity contribution in [3.63, 3.8) is 0 Å². The molecule has 0 unspecified atom stereocenters. The second-order valence-corrected chi connectivity index (χ2v) is 2.19. The van der Waals surface area contributed by atoms with E-state index < -0.39 is 0 Å². The van der Waals surface area contributed by atoms with Crippen LogP contribution in [0.4, 0.5) is 0 Å². The van der Waals surface area contributed by atoms with Crippen LogP contribution in [0.5, 0.6) is 0 Å². The SMILES string of the molecule is CC(C)O.CC(C)O.[CH2-]C.[CH2-]C.[Zr+2]. The predicted molar refractivity (Wildman–Crippen MR) is 56.8 cm³/mol. The van der Waals surface area contributed by atoms with E-state index in [1.807, 2.05) is 0 Å². The molecule has 0 atom stereocenters. The summed E-state index contributed by atoms with van der Waals surface area (Å²) in [5.41, 5.74) is 0. The van der Waals surface area contributed by atoms with Crippen molar-refractivity contribution in [1.82, 2.24) is 0 Å². The van der Waals surface area contributed by atoms with Gasteiger partial charge in [-0.25, -0.2) is 0 Å². The van der Waals surface area contributed by atoms with Crippen LogP contribution in [0.3, 0.4) is 0 Å². The fourth-order valence-electron chi connectivity index (χ4n) is 0. The van der Waals surface area contributed by atoms with Gasteiger partial charge in [0.05, 0.1) is 0 Å². The van der Waals surface area contributed by atoms with E-state index in [0.29, 0.717) is 0 Å². The molecule has 0 aromatic carbocycles. The number of hydrogen-bond donors (Lipinski definition) is 2. The van der Waals surface area contributed by atoms with E-state index in [9.17, 15) is 0 Å². The first-order valence-electron chi connectivity index (χ1n) is 4.24.